The third-order valence-electron chi connectivity index (χ3n) is 8.88. The zero-order chi connectivity index (χ0) is 27.5. The Morgan fingerprint density at radius 2 is 2.12 bits per heavy atom. The molecule has 1 aromatic carbocycles. The molecule has 2 bridgehead atoms. The first-order valence-electron chi connectivity index (χ1n) is 14.0. The van der Waals surface area contributed by atoms with Crippen molar-refractivity contribution in [2.45, 2.75) is 50.4 Å². The van der Waals surface area contributed by atoms with Crippen molar-refractivity contribution >= 4 is 28.0 Å². The predicted molar refractivity (Wildman–Crippen MR) is 150 cm³/mol. The van der Waals surface area contributed by atoms with E-state index < -0.39 is 0 Å². The van der Waals surface area contributed by atoms with E-state index in [1.54, 1.807) is 13.2 Å². The van der Waals surface area contributed by atoms with Crippen LogP contribution in [0.15, 0.2) is 36.5 Å². The van der Waals surface area contributed by atoms with Crippen LogP contribution in [0.2, 0.25) is 0 Å². The zero-order valence-corrected chi connectivity index (χ0v) is 22.8. The number of nitrogens with zero attached hydrogens (tertiary/aromatic N) is 6. The highest BCUT2D eigenvalue weighted by Crippen LogP contribution is 2.41. The van der Waals surface area contributed by atoms with Gasteiger partial charge in [0.1, 0.15) is 16.9 Å². The number of nitrogens with two attached hydrogens (primary N) is 1. The number of benzene rings is 1. The van der Waals surface area contributed by atoms with Gasteiger partial charge in [0.2, 0.25) is 0 Å². The maximum absolute atomic E-state index is 13.9. The summed E-state index contributed by atoms with van der Waals surface area (Å²) in [4.78, 5) is 25.5. The molecule has 4 atom stereocenters. The van der Waals surface area contributed by atoms with Crippen molar-refractivity contribution in [3.8, 4) is 23.3 Å². The van der Waals surface area contributed by atoms with Crippen molar-refractivity contribution in [2.24, 2.45) is 24.6 Å². The van der Waals surface area contributed by atoms with Gasteiger partial charge in [-0.05, 0) is 61.4 Å². The first kappa shape index (κ1) is 25.1. The topological polar surface area (TPSA) is 124 Å². The Balaban J connectivity index is 1.27. The number of methoxy groups -OCH3 is 1. The Kier molecular flexibility index (Phi) is 6.02. The number of amides is 1. The van der Waals surface area contributed by atoms with Crippen LogP contribution >= 0.6 is 0 Å². The Labute approximate surface area is 232 Å². The summed E-state index contributed by atoms with van der Waals surface area (Å²) in [6.45, 7) is 1.86. The molecule has 0 radical (unpaired) electrons. The van der Waals surface area contributed by atoms with Crippen molar-refractivity contribution in [3.05, 3.63) is 42.1 Å². The van der Waals surface area contributed by atoms with Crippen molar-refractivity contribution < 1.29 is 14.3 Å². The van der Waals surface area contributed by atoms with Gasteiger partial charge >= 0.3 is 0 Å². The number of imidazole rings is 1. The fourth-order valence-electron chi connectivity index (χ4n) is 6.74. The fourth-order valence-corrected chi connectivity index (χ4v) is 6.74. The largest absolute Gasteiger partial charge is 0.494 e. The van der Waals surface area contributed by atoms with Gasteiger partial charge in [0.15, 0.2) is 5.82 Å². The number of rotatable bonds is 8. The first-order chi connectivity index (χ1) is 19.5. The summed E-state index contributed by atoms with van der Waals surface area (Å²) in [7, 11) is 3.61. The molecular formula is C30H33N7O3. The highest BCUT2D eigenvalue weighted by molar-refractivity contribution is 6.00. The number of ether oxygens (including phenoxy) is 2. The molecule has 10 nitrogen and oxygen atoms in total. The minimum Gasteiger partial charge on any atom is -0.494 e. The maximum Gasteiger partial charge on any atom is 0.254 e. The summed E-state index contributed by atoms with van der Waals surface area (Å²) in [6.07, 6.45) is 5.29. The SMILES string of the molecule is COc1cc(C(=O)N2C[C@H]3C[C@H](OCCC#N)[C@@H]2[C@@H]3N)cc2nc(-c3cc4cccnc4n3CC3CC3)n(C)c12. The number of piperidine rings is 1. The molecule has 2 aliphatic carbocycles. The standard InChI is InChI=1S/C30H33N7O3/c1-35-26-21(34-29(35)22-12-18-5-3-9-33-28(18)36(22)15-17-6-7-17)11-19(13-23(26)39-2)30(38)37-16-20-14-24(27(37)25(20)32)40-10-4-8-31/h3,5,9,11-13,17,20,24-25,27H,4,6-7,10,14-16,32H2,1-2H3/t20-,24+,25-,27-/m1/s1. The summed E-state index contributed by atoms with van der Waals surface area (Å²) >= 11 is 0. The second-order valence-corrected chi connectivity index (χ2v) is 11.4. The van der Waals surface area contributed by atoms with Crippen LogP contribution in [0, 0.1) is 23.2 Å². The van der Waals surface area contributed by atoms with E-state index in [9.17, 15) is 4.79 Å². The van der Waals surface area contributed by atoms with Crippen LogP contribution in [0.25, 0.3) is 33.6 Å². The van der Waals surface area contributed by atoms with E-state index in [0.29, 0.717) is 42.3 Å². The van der Waals surface area contributed by atoms with Gasteiger partial charge < -0.3 is 29.2 Å². The van der Waals surface area contributed by atoms with E-state index in [1.165, 1.54) is 12.8 Å². The summed E-state index contributed by atoms with van der Waals surface area (Å²) in [5.41, 5.74) is 10.5. The summed E-state index contributed by atoms with van der Waals surface area (Å²) < 4.78 is 16.1. The Hall–Kier alpha value is -3.94. The molecule has 0 unspecified atom stereocenters. The third-order valence-corrected chi connectivity index (χ3v) is 8.88. The van der Waals surface area contributed by atoms with E-state index in [1.807, 2.05) is 34.8 Å². The van der Waals surface area contributed by atoms with E-state index in [-0.39, 0.29) is 30.0 Å². The number of carbonyl (C=O) groups excluding carboxylic acids is 1. The average molecular weight is 540 g/mol. The number of fused-ring (bicyclic) bond motifs is 4. The molecule has 7 rings (SSSR count). The molecule has 1 amide bonds. The van der Waals surface area contributed by atoms with E-state index >= 15 is 0 Å². The van der Waals surface area contributed by atoms with E-state index in [0.717, 1.165) is 41.0 Å². The molecule has 3 fully saturated rings. The second-order valence-electron chi connectivity index (χ2n) is 11.4. The predicted octanol–water partition coefficient (Wildman–Crippen LogP) is 3.48. The highest BCUT2D eigenvalue weighted by Gasteiger charge is 2.53. The molecule has 0 spiro atoms. The molecule has 2 N–H and O–H groups in total. The summed E-state index contributed by atoms with van der Waals surface area (Å²) in [5, 5.41) is 9.98. The average Bonchev–Trinajstić information content (AvgIpc) is 3.40. The number of nitriles is 1. The van der Waals surface area contributed by atoms with Crippen LogP contribution in [0.5, 0.6) is 5.75 Å². The second kappa shape index (κ2) is 9.61. The monoisotopic (exact) mass is 539 g/mol. The molecule has 4 heterocycles. The lowest BCUT2D eigenvalue weighted by atomic mass is 10.1. The molecule has 1 saturated heterocycles. The molecule has 206 valence electrons. The molecule has 40 heavy (non-hydrogen) atoms. The maximum atomic E-state index is 13.9. The van der Waals surface area contributed by atoms with Gasteiger partial charge in [0.25, 0.3) is 5.91 Å². The lowest BCUT2D eigenvalue weighted by Gasteiger charge is -2.33. The van der Waals surface area contributed by atoms with Crippen LogP contribution in [-0.2, 0) is 18.3 Å². The molecule has 1 aliphatic heterocycles. The quantitative estimate of drug-likeness (QED) is 0.340. The van der Waals surface area contributed by atoms with Crippen molar-refractivity contribution in [3.63, 3.8) is 0 Å². The molecule has 10 heteroatoms. The first-order valence-corrected chi connectivity index (χ1v) is 14.0. The fraction of sp³-hybridized carbons (Fsp3) is 0.467. The number of aryl methyl sites for hydroxylation is 1. The van der Waals surface area contributed by atoms with Crippen LogP contribution in [-0.4, -0.2) is 68.4 Å². The number of hydrogen-bond acceptors (Lipinski definition) is 7. The minimum atomic E-state index is -0.206. The van der Waals surface area contributed by atoms with Gasteiger partial charge in [0.05, 0.1) is 49.6 Å². The Morgan fingerprint density at radius 3 is 2.88 bits per heavy atom. The normalized spacial score (nSPS) is 23.8. The number of likely N-dealkylation sites (tertiary alicyclic amines) is 1. The van der Waals surface area contributed by atoms with Crippen LogP contribution in [0.3, 0.4) is 0 Å². The van der Waals surface area contributed by atoms with Crippen molar-refractivity contribution in [1.82, 2.24) is 24.0 Å². The van der Waals surface area contributed by atoms with Crippen molar-refractivity contribution in [2.75, 3.05) is 20.3 Å². The van der Waals surface area contributed by atoms with Gasteiger partial charge in [-0.15, -0.1) is 0 Å². The van der Waals surface area contributed by atoms with Crippen LogP contribution < -0.4 is 10.5 Å². The number of carbonyl (C=O) groups is 1. The van der Waals surface area contributed by atoms with Gasteiger partial charge in [-0.3, -0.25) is 4.79 Å². The van der Waals surface area contributed by atoms with Gasteiger partial charge in [-0.1, -0.05) is 0 Å². The minimum absolute atomic E-state index is 0.101. The molecular weight excluding hydrogens is 506 g/mol. The smallest absolute Gasteiger partial charge is 0.254 e. The summed E-state index contributed by atoms with van der Waals surface area (Å²) in [5.74, 6) is 2.16. The van der Waals surface area contributed by atoms with E-state index in [2.05, 4.69) is 27.8 Å². The lowest BCUT2D eigenvalue weighted by Crippen LogP contribution is -2.49. The number of hydrogen-bond donors (Lipinski definition) is 1. The van der Waals surface area contributed by atoms with Crippen LogP contribution in [0.1, 0.15) is 36.0 Å². The number of aromatic nitrogens is 4. The van der Waals surface area contributed by atoms with Gasteiger partial charge in [-0.25, -0.2) is 9.97 Å². The Morgan fingerprint density at radius 1 is 1.27 bits per heavy atom. The summed E-state index contributed by atoms with van der Waals surface area (Å²) in [6, 6.07) is 11.6. The van der Waals surface area contributed by atoms with Crippen LogP contribution in [0.4, 0.5) is 0 Å². The lowest BCUT2D eigenvalue weighted by molar-refractivity contribution is -0.00551. The van der Waals surface area contributed by atoms with Crippen molar-refractivity contribution in [1.29, 1.82) is 5.26 Å². The molecule has 3 aromatic heterocycles. The zero-order valence-electron chi connectivity index (χ0n) is 22.8. The highest BCUT2D eigenvalue weighted by atomic mass is 16.5. The van der Waals surface area contributed by atoms with E-state index in [4.69, 9.17) is 25.5 Å². The molecule has 3 aliphatic rings. The number of pyridine rings is 1. The third kappa shape index (κ3) is 3.95. The molecule has 2 saturated carbocycles. The van der Waals surface area contributed by atoms with Gasteiger partial charge in [0, 0.05) is 43.3 Å². The Bertz CT molecular complexity index is 1660. The molecule has 4 aromatic rings. The van der Waals surface area contributed by atoms with Gasteiger partial charge in [-0.2, -0.15) is 5.26 Å².